The third-order valence-corrected chi connectivity index (χ3v) is 3.69. The Bertz CT molecular complexity index is 787. The topological polar surface area (TPSA) is 70.6 Å². The highest BCUT2D eigenvalue weighted by Gasteiger charge is 2.20. The maximum absolute atomic E-state index is 14.1. The summed E-state index contributed by atoms with van der Waals surface area (Å²) in [6, 6.07) is 5.91. The van der Waals surface area contributed by atoms with Crippen molar-refractivity contribution in [2.24, 2.45) is 0 Å². The molecule has 9 heteroatoms. The Morgan fingerprint density at radius 3 is 2.60 bits per heavy atom. The van der Waals surface area contributed by atoms with Gasteiger partial charge in [0.25, 0.3) is 5.91 Å². The van der Waals surface area contributed by atoms with E-state index in [-0.39, 0.29) is 17.9 Å². The number of aliphatic hydroxyl groups is 1. The lowest BCUT2D eigenvalue weighted by molar-refractivity contribution is -0.00684. The Hall–Kier alpha value is -1.85. The zero-order valence-electron chi connectivity index (χ0n) is 12.9. The van der Waals surface area contributed by atoms with E-state index in [1.165, 1.54) is 19.1 Å². The first-order chi connectivity index (χ1) is 11.8. The summed E-state index contributed by atoms with van der Waals surface area (Å²) in [5.74, 6) is -4.10. The fraction of sp³-hybridized carbons (Fsp3) is 0.188. The molecule has 0 aliphatic rings. The van der Waals surface area contributed by atoms with E-state index >= 15 is 0 Å². The van der Waals surface area contributed by atoms with E-state index in [2.05, 4.69) is 5.32 Å². The van der Waals surface area contributed by atoms with Crippen LogP contribution >= 0.6 is 22.6 Å². The van der Waals surface area contributed by atoms with Crippen LogP contribution in [0.4, 0.5) is 24.5 Å². The van der Waals surface area contributed by atoms with Crippen LogP contribution in [0.1, 0.15) is 17.3 Å². The molecule has 2 rings (SSSR count). The molecule has 0 aliphatic carbocycles. The van der Waals surface area contributed by atoms with Crippen LogP contribution in [0.25, 0.3) is 0 Å². The second kappa shape index (κ2) is 8.50. The third kappa shape index (κ3) is 5.06. The van der Waals surface area contributed by atoms with E-state index in [1.54, 1.807) is 6.07 Å². The van der Waals surface area contributed by atoms with Crippen molar-refractivity contribution in [3.05, 3.63) is 56.9 Å². The summed E-state index contributed by atoms with van der Waals surface area (Å²) < 4.78 is 42.3. The van der Waals surface area contributed by atoms with Crippen LogP contribution in [-0.4, -0.2) is 23.7 Å². The number of hydrogen-bond acceptors (Lipinski definition) is 4. The number of halogens is 4. The van der Waals surface area contributed by atoms with Gasteiger partial charge in [0, 0.05) is 3.57 Å². The van der Waals surface area contributed by atoms with Crippen molar-refractivity contribution in [3.8, 4) is 0 Å². The average molecular weight is 466 g/mol. The smallest absolute Gasteiger partial charge is 0.277 e. The zero-order valence-corrected chi connectivity index (χ0v) is 15.1. The number of anilines is 2. The Balaban J connectivity index is 2.32. The summed E-state index contributed by atoms with van der Waals surface area (Å²) >= 11 is 1.90. The number of amides is 1. The maximum atomic E-state index is 14.1. The lowest BCUT2D eigenvalue weighted by Gasteiger charge is -2.14. The molecule has 3 N–H and O–H groups in total. The zero-order chi connectivity index (χ0) is 18.6. The molecule has 1 atom stereocenters. The summed E-state index contributed by atoms with van der Waals surface area (Å²) in [6.45, 7) is 1.25. The molecular formula is C16H14F3IN2O3. The van der Waals surface area contributed by atoms with Crippen LogP contribution in [0.2, 0.25) is 0 Å². The van der Waals surface area contributed by atoms with Gasteiger partial charge in [-0.05, 0) is 59.8 Å². The minimum absolute atomic E-state index is 0.121. The number of carbonyl (C=O) groups is 1. The number of carbonyl (C=O) groups excluding carboxylic acids is 1. The molecule has 0 spiro atoms. The van der Waals surface area contributed by atoms with Gasteiger partial charge >= 0.3 is 0 Å². The predicted molar refractivity (Wildman–Crippen MR) is 93.9 cm³/mol. The quantitative estimate of drug-likeness (QED) is 0.451. The van der Waals surface area contributed by atoms with Gasteiger partial charge in [0.1, 0.15) is 12.4 Å². The van der Waals surface area contributed by atoms with E-state index < -0.39 is 35.2 Å². The molecule has 0 bridgehead atoms. The minimum Gasteiger partial charge on any atom is -0.391 e. The summed E-state index contributed by atoms with van der Waals surface area (Å²) in [5, 5.41) is 11.5. The number of nitrogens with one attached hydrogen (secondary N) is 2. The van der Waals surface area contributed by atoms with Crippen molar-refractivity contribution < 1.29 is 27.9 Å². The number of aliphatic hydroxyl groups excluding tert-OH is 1. The Kier molecular flexibility index (Phi) is 6.62. The summed E-state index contributed by atoms with van der Waals surface area (Å²) in [6.07, 6.45) is -0.830. The summed E-state index contributed by atoms with van der Waals surface area (Å²) in [4.78, 5) is 16.9. The van der Waals surface area contributed by atoms with Crippen molar-refractivity contribution in [1.29, 1.82) is 0 Å². The first kappa shape index (κ1) is 19.5. The third-order valence-electron chi connectivity index (χ3n) is 3.02. The van der Waals surface area contributed by atoms with Gasteiger partial charge in [-0.2, -0.15) is 0 Å². The molecule has 0 radical (unpaired) electrons. The van der Waals surface area contributed by atoms with Crippen LogP contribution < -0.4 is 10.8 Å². The second-order valence-electron chi connectivity index (χ2n) is 5.12. The van der Waals surface area contributed by atoms with Crippen LogP contribution in [0, 0.1) is 21.0 Å². The SMILES string of the molecule is CC(O)CONC(=O)c1ccc(F)c(F)c1Nc1ccc(I)cc1F. The molecule has 1 amide bonds. The molecule has 134 valence electrons. The minimum atomic E-state index is -1.33. The fourth-order valence-electron chi connectivity index (χ4n) is 1.87. The molecule has 25 heavy (non-hydrogen) atoms. The number of benzene rings is 2. The van der Waals surface area contributed by atoms with E-state index in [1.807, 2.05) is 28.1 Å². The van der Waals surface area contributed by atoms with Crippen molar-refractivity contribution in [1.82, 2.24) is 5.48 Å². The molecule has 2 aromatic carbocycles. The highest BCUT2D eigenvalue weighted by molar-refractivity contribution is 14.1. The summed E-state index contributed by atoms with van der Waals surface area (Å²) in [5.41, 5.74) is 1.06. The number of hydrogen-bond donors (Lipinski definition) is 3. The van der Waals surface area contributed by atoms with Crippen molar-refractivity contribution >= 4 is 39.9 Å². The van der Waals surface area contributed by atoms with Gasteiger partial charge in [0.05, 0.1) is 23.0 Å². The maximum Gasteiger partial charge on any atom is 0.277 e. The van der Waals surface area contributed by atoms with Crippen LogP contribution in [0.3, 0.4) is 0 Å². The average Bonchev–Trinajstić information content (AvgIpc) is 2.53. The van der Waals surface area contributed by atoms with Crippen LogP contribution in [-0.2, 0) is 4.84 Å². The van der Waals surface area contributed by atoms with Gasteiger partial charge in [-0.3, -0.25) is 9.63 Å². The highest BCUT2D eigenvalue weighted by atomic mass is 127. The normalized spacial score (nSPS) is 11.9. The highest BCUT2D eigenvalue weighted by Crippen LogP contribution is 2.28. The molecule has 0 saturated carbocycles. The molecule has 0 heterocycles. The number of hydroxylamine groups is 1. The molecule has 5 nitrogen and oxygen atoms in total. The lowest BCUT2D eigenvalue weighted by Crippen LogP contribution is -2.28. The Labute approximate surface area is 155 Å². The van der Waals surface area contributed by atoms with E-state index in [4.69, 9.17) is 9.94 Å². The monoisotopic (exact) mass is 466 g/mol. The molecular weight excluding hydrogens is 452 g/mol. The van der Waals surface area contributed by atoms with E-state index in [0.717, 1.165) is 12.1 Å². The van der Waals surface area contributed by atoms with Crippen molar-refractivity contribution in [2.75, 3.05) is 11.9 Å². The van der Waals surface area contributed by atoms with E-state index in [9.17, 15) is 18.0 Å². The molecule has 0 aromatic heterocycles. The standard InChI is InChI=1S/C16H14F3IN2O3/c1-8(23)7-25-22-16(24)10-3-4-11(17)14(19)15(10)21-13-5-2-9(20)6-12(13)18/h2-6,8,21,23H,7H2,1H3,(H,22,24). The number of rotatable bonds is 6. The summed E-state index contributed by atoms with van der Waals surface area (Å²) in [7, 11) is 0. The van der Waals surface area contributed by atoms with Gasteiger partial charge in [0.15, 0.2) is 11.6 Å². The molecule has 0 fully saturated rings. The molecule has 2 aromatic rings. The fourth-order valence-corrected chi connectivity index (χ4v) is 2.32. The van der Waals surface area contributed by atoms with Gasteiger partial charge < -0.3 is 10.4 Å². The molecule has 1 unspecified atom stereocenters. The van der Waals surface area contributed by atoms with Crippen molar-refractivity contribution in [2.45, 2.75) is 13.0 Å². The predicted octanol–water partition coefficient (Wildman–Crippen LogP) is 3.49. The van der Waals surface area contributed by atoms with E-state index in [0.29, 0.717) is 3.57 Å². The largest absolute Gasteiger partial charge is 0.391 e. The molecule has 0 saturated heterocycles. The van der Waals surface area contributed by atoms with Crippen LogP contribution in [0.15, 0.2) is 30.3 Å². The van der Waals surface area contributed by atoms with Gasteiger partial charge in [0.2, 0.25) is 0 Å². The second-order valence-corrected chi connectivity index (χ2v) is 6.37. The lowest BCUT2D eigenvalue weighted by atomic mass is 10.1. The van der Waals surface area contributed by atoms with Gasteiger partial charge in [-0.25, -0.2) is 18.7 Å². The Morgan fingerprint density at radius 2 is 1.96 bits per heavy atom. The van der Waals surface area contributed by atoms with Gasteiger partial charge in [-0.15, -0.1) is 0 Å². The molecule has 0 aliphatic heterocycles. The van der Waals surface area contributed by atoms with Crippen LogP contribution in [0.5, 0.6) is 0 Å². The Morgan fingerprint density at radius 1 is 1.24 bits per heavy atom. The van der Waals surface area contributed by atoms with Gasteiger partial charge in [-0.1, -0.05) is 0 Å². The first-order valence-corrected chi connectivity index (χ1v) is 8.17. The van der Waals surface area contributed by atoms with Crippen molar-refractivity contribution in [3.63, 3.8) is 0 Å². The first-order valence-electron chi connectivity index (χ1n) is 7.10.